The fourth-order valence-electron chi connectivity index (χ4n) is 6.60. The van der Waals surface area contributed by atoms with Gasteiger partial charge < -0.3 is 34.5 Å². The molecule has 0 radical (unpaired) electrons. The minimum absolute atomic E-state index is 0.0122. The van der Waals surface area contributed by atoms with Crippen LogP contribution in [0.15, 0.2) is 54.7 Å². The maximum absolute atomic E-state index is 15.8. The van der Waals surface area contributed by atoms with E-state index in [-0.39, 0.29) is 50.0 Å². The van der Waals surface area contributed by atoms with Gasteiger partial charge in [-0.25, -0.2) is 22.9 Å². The molecule has 13 heteroatoms. The SMILES string of the molecule is CC(C)(C)OC(=O)N1C[C@@H](CN(CNCC(O)CO)[C@@H](c2nc(-c3cc(F)ccc3F)cn2Cc2ccccc2)C2CCOCC2)[C@@H](F)C1. The number of hydrogen-bond acceptors (Lipinski definition) is 8. The van der Waals surface area contributed by atoms with Gasteiger partial charge in [-0.1, -0.05) is 30.3 Å². The number of nitrogens with one attached hydrogen (secondary N) is 1. The molecule has 0 aliphatic carbocycles. The number of rotatable bonds is 13. The van der Waals surface area contributed by atoms with Crippen LogP contribution in [0, 0.1) is 23.5 Å². The van der Waals surface area contributed by atoms with Gasteiger partial charge >= 0.3 is 6.09 Å². The number of carbonyl (C=O) groups is 1. The second-order valence-electron chi connectivity index (χ2n) is 14.0. The first-order valence-electron chi connectivity index (χ1n) is 16.9. The molecule has 4 atom stereocenters. The molecule has 2 fully saturated rings. The summed E-state index contributed by atoms with van der Waals surface area (Å²) in [5.41, 5.74) is 0.542. The Bertz CT molecular complexity index is 1510. The number of halogens is 3. The normalized spacial score (nSPS) is 20.1. The fraction of sp³-hybridized carbons (Fsp3) is 0.556. The molecule has 2 saturated heterocycles. The van der Waals surface area contributed by atoms with Crippen LogP contribution in [0.3, 0.4) is 0 Å². The Hall–Kier alpha value is -3.49. The number of aliphatic hydroxyl groups is 2. The van der Waals surface area contributed by atoms with Gasteiger partial charge in [-0.2, -0.15) is 0 Å². The summed E-state index contributed by atoms with van der Waals surface area (Å²) < 4.78 is 58.5. The molecule has 2 aliphatic heterocycles. The van der Waals surface area contributed by atoms with Crippen LogP contribution in [0.25, 0.3) is 11.3 Å². The first kappa shape index (κ1) is 36.8. The molecule has 268 valence electrons. The third-order valence-electron chi connectivity index (χ3n) is 8.97. The molecule has 0 spiro atoms. The average Bonchev–Trinajstić information content (AvgIpc) is 3.65. The van der Waals surface area contributed by atoms with Gasteiger partial charge in [0.25, 0.3) is 0 Å². The van der Waals surface area contributed by atoms with Crippen molar-refractivity contribution < 1.29 is 37.7 Å². The highest BCUT2D eigenvalue weighted by Crippen LogP contribution is 2.38. The van der Waals surface area contributed by atoms with E-state index in [2.05, 4.69) is 10.2 Å². The molecule has 49 heavy (non-hydrogen) atoms. The standard InChI is InChI=1S/C36H48F3N5O5/c1-36(2,3)49-35(47)43-18-26(31(39)20-43)19-44(23-40-16-28(46)22-45)33(25-11-13-48-14-12-25)34-41-32(29-15-27(37)9-10-30(29)38)21-42(34)17-24-7-5-4-6-8-24/h4-10,15,21,25-26,28,31,33,40,45-46H,11-14,16-20,22-23H2,1-3H3/t26-,28?,31-,33+/m0/s1. The monoisotopic (exact) mass is 687 g/mol. The Morgan fingerprint density at radius 3 is 2.57 bits per heavy atom. The second-order valence-corrected chi connectivity index (χ2v) is 14.0. The topological polar surface area (TPSA) is 112 Å². The van der Waals surface area contributed by atoms with Crippen LogP contribution in [0.1, 0.15) is 51.0 Å². The molecule has 3 N–H and O–H groups in total. The van der Waals surface area contributed by atoms with Crippen LogP contribution in [-0.4, -0.2) is 106 Å². The molecule has 1 aromatic heterocycles. The molecule has 10 nitrogen and oxygen atoms in total. The molecule has 2 aromatic carbocycles. The highest BCUT2D eigenvalue weighted by atomic mass is 19.1. The predicted octanol–water partition coefficient (Wildman–Crippen LogP) is 4.75. The summed E-state index contributed by atoms with van der Waals surface area (Å²) >= 11 is 0. The van der Waals surface area contributed by atoms with E-state index in [1.165, 1.54) is 4.90 Å². The Kier molecular flexibility index (Phi) is 12.4. The lowest BCUT2D eigenvalue weighted by molar-refractivity contribution is 0.00855. The van der Waals surface area contributed by atoms with Gasteiger partial charge in [0.05, 0.1) is 31.0 Å². The molecule has 0 bridgehead atoms. The van der Waals surface area contributed by atoms with Crippen molar-refractivity contribution in [3.8, 4) is 11.3 Å². The molecule has 0 saturated carbocycles. The third kappa shape index (κ3) is 9.82. The van der Waals surface area contributed by atoms with Gasteiger partial charge in [-0.05, 0) is 63.3 Å². The van der Waals surface area contributed by atoms with Crippen LogP contribution in [-0.2, 0) is 16.0 Å². The molecular weight excluding hydrogens is 639 g/mol. The third-order valence-corrected chi connectivity index (χ3v) is 8.97. The van der Waals surface area contributed by atoms with E-state index >= 15 is 8.78 Å². The number of hydrogen-bond donors (Lipinski definition) is 3. The maximum atomic E-state index is 15.8. The fourth-order valence-corrected chi connectivity index (χ4v) is 6.60. The van der Waals surface area contributed by atoms with E-state index in [1.807, 2.05) is 34.9 Å². The zero-order chi connectivity index (χ0) is 35.1. The first-order valence-corrected chi connectivity index (χ1v) is 16.9. The van der Waals surface area contributed by atoms with Crippen molar-refractivity contribution >= 4 is 6.09 Å². The minimum atomic E-state index is -1.32. The summed E-state index contributed by atoms with van der Waals surface area (Å²) in [6, 6.07) is 12.5. The number of amides is 1. The van der Waals surface area contributed by atoms with Crippen LogP contribution < -0.4 is 5.32 Å². The molecule has 3 aromatic rings. The summed E-state index contributed by atoms with van der Waals surface area (Å²) in [6.07, 6.45) is 0.176. The Morgan fingerprint density at radius 1 is 1.14 bits per heavy atom. The average molecular weight is 688 g/mol. The Balaban J connectivity index is 1.56. The molecular formula is C36H48F3N5O5. The Labute approximate surface area is 285 Å². The number of likely N-dealkylation sites (tertiary alicyclic amines) is 1. The number of imidazole rings is 1. The quantitative estimate of drug-likeness (QED) is 0.221. The molecule has 1 amide bonds. The van der Waals surface area contributed by atoms with Gasteiger partial charge in [0.2, 0.25) is 0 Å². The van der Waals surface area contributed by atoms with Crippen molar-refractivity contribution in [3.63, 3.8) is 0 Å². The van der Waals surface area contributed by atoms with Crippen molar-refractivity contribution in [3.05, 3.63) is 77.8 Å². The van der Waals surface area contributed by atoms with Crippen LogP contribution in [0.5, 0.6) is 0 Å². The number of aliphatic hydroxyl groups excluding tert-OH is 2. The largest absolute Gasteiger partial charge is 0.444 e. The number of alkyl halides is 1. The predicted molar refractivity (Wildman–Crippen MR) is 178 cm³/mol. The number of nitrogens with zero attached hydrogens (tertiary/aromatic N) is 4. The van der Waals surface area contributed by atoms with Gasteiger partial charge in [-0.15, -0.1) is 0 Å². The van der Waals surface area contributed by atoms with E-state index in [4.69, 9.17) is 14.5 Å². The summed E-state index contributed by atoms with van der Waals surface area (Å²) in [7, 11) is 0. The zero-order valence-corrected chi connectivity index (χ0v) is 28.4. The summed E-state index contributed by atoms with van der Waals surface area (Å²) in [5, 5.41) is 22.8. The number of carbonyl (C=O) groups excluding carboxylic acids is 1. The molecule has 5 rings (SSSR count). The van der Waals surface area contributed by atoms with Crippen molar-refractivity contribution in [2.45, 2.75) is 64.1 Å². The molecule has 1 unspecified atom stereocenters. The van der Waals surface area contributed by atoms with Crippen molar-refractivity contribution in [2.75, 3.05) is 52.7 Å². The van der Waals surface area contributed by atoms with E-state index in [0.717, 1.165) is 23.8 Å². The highest BCUT2D eigenvalue weighted by molar-refractivity contribution is 5.68. The molecule has 3 heterocycles. The zero-order valence-electron chi connectivity index (χ0n) is 28.4. The number of aromatic nitrogens is 2. The van der Waals surface area contributed by atoms with Crippen molar-refractivity contribution in [1.82, 2.24) is 24.7 Å². The highest BCUT2D eigenvalue weighted by Gasteiger charge is 2.41. The summed E-state index contributed by atoms with van der Waals surface area (Å²) in [4.78, 5) is 21.3. The van der Waals surface area contributed by atoms with Crippen LogP contribution >= 0.6 is 0 Å². The van der Waals surface area contributed by atoms with Crippen molar-refractivity contribution in [1.29, 1.82) is 0 Å². The number of benzene rings is 2. The van der Waals surface area contributed by atoms with E-state index in [1.54, 1.807) is 27.0 Å². The summed E-state index contributed by atoms with van der Waals surface area (Å²) in [6.45, 7) is 6.81. The van der Waals surface area contributed by atoms with E-state index < -0.39 is 54.2 Å². The van der Waals surface area contributed by atoms with E-state index in [9.17, 15) is 19.4 Å². The maximum Gasteiger partial charge on any atom is 0.410 e. The Morgan fingerprint density at radius 2 is 1.88 bits per heavy atom. The van der Waals surface area contributed by atoms with E-state index in [0.29, 0.717) is 38.4 Å². The first-order chi connectivity index (χ1) is 23.4. The molecule has 2 aliphatic rings. The minimum Gasteiger partial charge on any atom is -0.444 e. The summed E-state index contributed by atoms with van der Waals surface area (Å²) in [5.74, 6) is -1.19. The lowest BCUT2D eigenvalue weighted by Gasteiger charge is -2.40. The van der Waals surface area contributed by atoms with Gasteiger partial charge in [0.1, 0.15) is 29.2 Å². The van der Waals surface area contributed by atoms with Gasteiger partial charge in [0, 0.05) is 63.7 Å². The van der Waals surface area contributed by atoms with Gasteiger partial charge in [-0.3, -0.25) is 4.90 Å². The lowest BCUT2D eigenvalue weighted by atomic mass is 9.89. The van der Waals surface area contributed by atoms with Gasteiger partial charge in [0.15, 0.2) is 0 Å². The van der Waals surface area contributed by atoms with Crippen LogP contribution in [0.2, 0.25) is 0 Å². The second kappa shape index (κ2) is 16.5. The van der Waals surface area contributed by atoms with Crippen LogP contribution in [0.4, 0.5) is 18.0 Å². The smallest absolute Gasteiger partial charge is 0.410 e. The number of ether oxygens (including phenoxy) is 2. The van der Waals surface area contributed by atoms with Crippen molar-refractivity contribution in [2.24, 2.45) is 11.8 Å². The lowest BCUT2D eigenvalue weighted by Crippen LogP contribution is -2.47.